The zero-order chi connectivity index (χ0) is 14.9. The number of methoxy groups -OCH3 is 2. The normalized spacial score (nSPS) is 11.4. The molecule has 20 heavy (non-hydrogen) atoms. The van der Waals surface area contributed by atoms with Gasteiger partial charge in [-0.1, -0.05) is 19.9 Å². The number of fused-ring (bicyclic) bond motifs is 1. The number of ether oxygens (including phenoxy) is 2. The summed E-state index contributed by atoms with van der Waals surface area (Å²) in [5, 5.41) is 0.784. The molecular weight excluding hydrogens is 256 g/mol. The highest BCUT2D eigenvalue weighted by molar-refractivity contribution is 5.85. The van der Waals surface area contributed by atoms with Crippen LogP contribution in [-0.4, -0.2) is 14.2 Å². The van der Waals surface area contributed by atoms with E-state index >= 15 is 0 Å². The second kappa shape index (κ2) is 5.04. The second-order valence-corrected chi connectivity index (χ2v) is 5.09. The Bertz CT molecular complexity index is 710. The largest absolute Gasteiger partial charge is 0.493 e. The molecule has 0 saturated heterocycles. The average Bonchev–Trinajstić information content (AvgIpc) is 2.45. The van der Waals surface area contributed by atoms with Crippen LogP contribution in [0.3, 0.4) is 0 Å². The summed E-state index contributed by atoms with van der Waals surface area (Å²) in [4.78, 5) is 12.2. The molecule has 0 unspecified atom stereocenters. The van der Waals surface area contributed by atoms with E-state index in [9.17, 15) is 4.79 Å². The van der Waals surface area contributed by atoms with Crippen molar-refractivity contribution in [1.29, 1.82) is 0 Å². The van der Waals surface area contributed by atoms with Gasteiger partial charge in [-0.15, -0.1) is 6.58 Å². The molecule has 0 N–H and O–H groups in total. The van der Waals surface area contributed by atoms with Gasteiger partial charge in [0.05, 0.1) is 14.2 Å². The van der Waals surface area contributed by atoms with Gasteiger partial charge in [0.2, 0.25) is 5.75 Å². The number of allylic oxidation sites excluding steroid dienone is 1. The Morgan fingerprint density at radius 2 is 1.95 bits per heavy atom. The van der Waals surface area contributed by atoms with Crippen molar-refractivity contribution >= 4 is 11.0 Å². The molecule has 0 aliphatic heterocycles. The minimum Gasteiger partial charge on any atom is -0.493 e. The molecule has 0 saturated carbocycles. The molecule has 0 atom stereocenters. The maximum absolute atomic E-state index is 12.2. The zero-order valence-corrected chi connectivity index (χ0v) is 12.1. The van der Waals surface area contributed by atoms with E-state index in [1.165, 1.54) is 14.2 Å². The summed E-state index contributed by atoms with van der Waals surface area (Å²) < 4.78 is 15.9. The van der Waals surface area contributed by atoms with Crippen molar-refractivity contribution in [2.24, 2.45) is 0 Å². The van der Waals surface area contributed by atoms with Crippen LogP contribution in [0, 0.1) is 0 Å². The van der Waals surface area contributed by atoms with Gasteiger partial charge >= 0.3 is 5.63 Å². The van der Waals surface area contributed by atoms with Crippen LogP contribution in [0.2, 0.25) is 0 Å². The summed E-state index contributed by atoms with van der Waals surface area (Å²) in [7, 11) is 3.05. The first-order chi connectivity index (χ1) is 9.44. The predicted molar refractivity (Wildman–Crippen MR) is 78.8 cm³/mol. The zero-order valence-electron chi connectivity index (χ0n) is 12.1. The maximum Gasteiger partial charge on any atom is 0.340 e. The Balaban J connectivity index is 2.81. The van der Waals surface area contributed by atoms with Crippen molar-refractivity contribution < 1.29 is 13.9 Å². The summed E-state index contributed by atoms with van der Waals surface area (Å²) in [5.41, 5.74) is 0.101. The van der Waals surface area contributed by atoms with Gasteiger partial charge in [-0.2, -0.15) is 0 Å². The van der Waals surface area contributed by atoms with Gasteiger partial charge < -0.3 is 13.9 Å². The van der Waals surface area contributed by atoms with Crippen LogP contribution in [0.5, 0.6) is 11.5 Å². The van der Waals surface area contributed by atoms with Crippen LogP contribution in [-0.2, 0) is 5.41 Å². The van der Waals surface area contributed by atoms with E-state index in [0.29, 0.717) is 22.6 Å². The number of hydrogen-bond donors (Lipinski definition) is 0. The van der Waals surface area contributed by atoms with Gasteiger partial charge in [-0.05, 0) is 18.2 Å². The summed E-state index contributed by atoms with van der Waals surface area (Å²) in [6.07, 6.45) is 1.73. The van der Waals surface area contributed by atoms with Crippen molar-refractivity contribution in [3.05, 3.63) is 46.8 Å². The third-order valence-corrected chi connectivity index (χ3v) is 3.45. The van der Waals surface area contributed by atoms with Crippen LogP contribution in [0.15, 0.2) is 40.1 Å². The molecule has 2 aromatic rings. The predicted octanol–water partition coefficient (Wildman–Crippen LogP) is 3.27. The van der Waals surface area contributed by atoms with Crippen molar-refractivity contribution in [1.82, 2.24) is 0 Å². The lowest BCUT2D eigenvalue weighted by molar-refractivity contribution is 0.351. The highest BCUT2D eigenvalue weighted by Crippen LogP contribution is 2.36. The molecule has 4 nitrogen and oxygen atoms in total. The van der Waals surface area contributed by atoms with Crippen molar-refractivity contribution in [3.8, 4) is 11.5 Å². The summed E-state index contributed by atoms with van der Waals surface area (Å²) in [6, 6.07) is 5.43. The summed E-state index contributed by atoms with van der Waals surface area (Å²) in [5.74, 6) is 0.948. The Labute approximate surface area is 117 Å². The molecule has 1 aromatic carbocycles. The van der Waals surface area contributed by atoms with Crippen LogP contribution >= 0.6 is 0 Å². The highest BCUT2D eigenvalue weighted by Gasteiger charge is 2.23. The van der Waals surface area contributed by atoms with Gasteiger partial charge in [0.25, 0.3) is 0 Å². The van der Waals surface area contributed by atoms with E-state index in [2.05, 4.69) is 6.58 Å². The van der Waals surface area contributed by atoms with Crippen LogP contribution in [0.25, 0.3) is 11.0 Å². The first-order valence-corrected chi connectivity index (χ1v) is 6.27. The van der Waals surface area contributed by atoms with E-state index in [0.717, 1.165) is 5.39 Å². The molecule has 0 spiro atoms. The Morgan fingerprint density at radius 1 is 1.25 bits per heavy atom. The van der Waals surface area contributed by atoms with Crippen LogP contribution in [0.4, 0.5) is 0 Å². The standard InChI is InChI=1S/C16H18O4/c1-6-16(2,3)11-9-10-7-8-12(18-4)14(19-5)13(10)20-15(11)17/h6-9H,1H2,2-5H3. The van der Waals surface area contributed by atoms with E-state index in [1.807, 2.05) is 26.0 Å². The Hall–Kier alpha value is -2.23. The van der Waals surface area contributed by atoms with Crippen molar-refractivity contribution in [2.75, 3.05) is 14.2 Å². The monoisotopic (exact) mass is 274 g/mol. The van der Waals surface area contributed by atoms with Crippen LogP contribution in [0.1, 0.15) is 19.4 Å². The smallest absolute Gasteiger partial charge is 0.340 e. The first kappa shape index (κ1) is 14.2. The molecule has 2 rings (SSSR count). The fraction of sp³-hybridized carbons (Fsp3) is 0.312. The first-order valence-electron chi connectivity index (χ1n) is 6.27. The van der Waals surface area contributed by atoms with Gasteiger partial charge in [0, 0.05) is 16.4 Å². The fourth-order valence-electron chi connectivity index (χ4n) is 2.05. The molecule has 0 amide bonds. The lowest BCUT2D eigenvalue weighted by Crippen LogP contribution is -2.22. The molecule has 0 fully saturated rings. The van der Waals surface area contributed by atoms with Gasteiger partial charge in [-0.25, -0.2) is 4.79 Å². The summed E-state index contributed by atoms with van der Waals surface area (Å²) >= 11 is 0. The van der Waals surface area contributed by atoms with Crippen molar-refractivity contribution in [2.45, 2.75) is 19.3 Å². The van der Waals surface area contributed by atoms with Gasteiger partial charge in [0.1, 0.15) is 0 Å². The minimum atomic E-state index is -0.456. The number of hydrogen-bond acceptors (Lipinski definition) is 4. The molecule has 4 heteroatoms. The number of benzene rings is 1. The average molecular weight is 274 g/mol. The van der Waals surface area contributed by atoms with E-state index in [4.69, 9.17) is 13.9 Å². The van der Waals surface area contributed by atoms with Gasteiger partial charge in [0.15, 0.2) is 11.3 Å². The number of rotatable bonds is 4. The molecule has 1 heterocycles. The molecule has 0 aliphatic rings. The Morgan fingerprint density at radius 3 is 2.50 bits per heavy atom. The SMILES string of the molecule is C=CC(C)(C)c1cc2ccc(OC)c(OC)c2oc1=O. The molecule has 0 radical (unpaired) electrons. The van der Waals surface area contributed by atoms with E-state index in [1.54, 1.807) is 12.1 Å². The quantitative estimate of drug-likeness (QED) is 0.634. The topological polar surface area (TPSA) is 48.7 Å². The lowest BCUT2D eigenvalue weighted by Gasteiger charge is -2.19. The van der Waals surface area contributed by atoms with Crippen molar-refractivity contribution in [3.63, 3.8) is 0 Å². The third kappa shape index (κ3) is 2.18. The molecule has 0 aliphatic carbocycles. The molecular formula is C16H18O4. The summed E-state index contributed by atoms with van der Waals surface area (Å²) in [6.45, 7) is 7.60. The van der Waals surface area contributed by atoms with Gasteiger partial charge in [-0.3, -0.25) is 0 Å². The lowest BCUT2D eigenvalue weighted by atomic mass is 9.85. The molecule has 1 aromatic heterocycles. The van der Waals surface area contributed by atoms with Crippen LogP contribution < -0.4 is 15.1 Å². The Kier molecular flexibility index (Phi) is 3.57. The third-order valence-electron chi connectivity index (χ3n) is 3.45. The fourth-order valence-corrected chi connectivity index (χ4v) is 2.05. The minimum absolute atomic E-state index is 0.389. The van der Waals surface area contributed by atoms with E-state index < -0.39 is 11.0 Å². The maximum atomic E-state index is 12.2. The molecule has 0 bridgehead atoms. The molecule has 106 valence electrons. The van der Waals surface area contributed by atoms with E-state index in [-0.39, 0.29) is 0 Å². The highest BCUT2D eigenvalue weighted by atomic mass is 16.5. The second-order valence-electron chi connectivity index (χ2n) is 5.09.